The topological polar surface area (TPSA) is 29.5 Å². The summed E-state index contributed by atoms with van der Waals surface area (Å²) in [5.74, 6) is -1.34. The third-order valence-electron chi connectivity index (χ3n) is 1.24. The lowest BCUT2D eigenvalue weighted by Gasteiger charge is -2.04. The molecule has 60 valence electrons. The first-order valence-corrected chi connectivity index (χ1v) is 3.25. The van der Waals surface area contributed by atoms with Gasteiger partial charge in [-0.2, -0.15) is 0 Å². The summed E-state index contributed by atoms with van der Waals surface area (Å²) in [7, 11) is 1.31. The Bertz CT molecular complexity index is 275. The number of halogens is 2. The summed E-state index contributed by atoms with van der Waals surface area (Å²) in [4.78, 5) is 0. The summed E-state index contributed by atoms with van der Waals surface area (Å²) >= 11 is 5.55. The Balaban J connectivity index is 3.29. The molecule has 0 aliphatic heterocycles. The fraction of sp³-hybridized carbons (Fsp3) is 0.143. The molecule has 1 N–H and O–H groups in total. The lowest BCUT2D eigenvalue weighted by Crippen LogP contribution is -1.87. The smallest absolute Gasteiger partial charge is 0.195 e. The maximum Gasteiger partial charge on any atom is 0.195 e. The molecule has 1 aromatic rings. The molecule has 0 unspecified atom stereocenters. The van der Waals surface area contributed by atoms with Gasteiger partial charge in [-0.25, -0.2) is 4.39 Å². The number of hydrogen-bond acceptors (Lipinski definition) is 2. The molecular formula is C7H6ClFO2. The lowest BCUT2D eigenvalue weighted by molar-refractivity contribution is 0.357. The van der Waals surface area contributed by atoms with Crippen LogP contribution in [0.3, 0.4) is 0 Å². The third kappa shape index (κ3) is 1.38. The Kier molecular flexibility index (Phi) is 2.19. The van der Waals surface area contributed by atoms with E-state index in [9.17, 15) is 4.39 Å². The molecule has 0 atom stereocenters. The van der Waals surface area contributed by atoms with E-state index < -0.39 is 11.6 Å². The van der Waals surface area contributed by atoms with E-state index in [4.69, 9.17) is 16.7 Å². The summed E-state index contributed by atoms with van der Waals surface area (Å²) < 4.78 is 17.2. The van der Waals surface area contributed by atoms with Crippen LogP contribution in [0.5, 0.6) is 11.5 Å². The van der Waals surface area contributed by atoms with Crippen LogP contribution >= 0.6 is 11.6 Å². The maximum absolute atomic E-state index is 12.6. The molecule has 11 heavy (non-hydrogen) atoms. The number of phenols is 1. The van der Waals surface area contributed by atoms with E-state index >= 15 is 0 Å². The van der Waals surface area contributed by atoms with Crippen LogP contribution in [-0.2, 0) is 0 Å². The van der Waals surface area contributed by atoms with Crippen molar-refractivity contribution in [3.05, 3.63) is 23.0 Å². The molecule has 0 saturated carbocycles. The van der Waals surface area contributed by atoms with Gasteiger partial charge < -0.3 is 9.84 Å². The zero-order valence-corrected chi connectivity index (χ0v) is 6.52. The monoisotopic (exact) mass is 176 g/mol. The second-order valence-corrected chi connectivity index (χ2v) is 2.32. The number of rotatable bonds is 1. The predicted molar refractivity (Wildman–Crippen MR) is 39.6 cm³/mol. The van der Waals surface area contributed by atoms with Crippen molar-refractivity contribution in [3.63, 3.8) is 0 Å². The van der Waals surface area contributed by atoms with E-state index in [0.29, 0.717) is 0 Å². The highest BCUT2D eigenvalue weighted by molar-refractivity contribution is 6.32. The molecule has 0 saturated heterocycles. The van der Waals surface area contributed by atoms with E-state index in [1.807, 2.05) is 0 Å². The largest absolute Gasteiger partial charge is 0.502 e. The van der Waals surface area contributed by atoms with Crippen LogP contribution in [0.2, 0.25) is 5.02 Å². The standard InChI is InChI=1S/C7H6ClFO2/c1-11-7-4(8)2-3-5(9)6(7)10/h2-3,10H,1H3. The second-order valence-electron chi connectivity index (χ2n) is 1.91. The van der Waals surface area contributed by atoms with Crippen molar-refractivity contribution in [2.75, 3.05) is 7.11 Å². The maximum atomic E-state index is 12.6. The van der Waals surface area contributed by atoms with Gasteiger partial charge in [0.05, 0.1) is 12.1 Å². The molecule has 0 aromatic heterocycles. The predicted octanol–water partition coefficient (Wildman–Crippen LogP) is 2.19. The number of ether oxygens (including phenoxy) is 1. The average Bonchev–Trinajstić information content (AvgIpc) is 1.99. The van der Waals surface area contributed by atoms with Gasteiger partial charge in [0.2, 0.25) is 0 Å². The number of aromatic hydroxyl groups is 1. The van der Waals surface area contributed by atoms with E-state index in [1.165, 1.54) is 13.2 Å². The Morgan fingerprint density at radius 3 is 2.64 bits per heavy atom. The van der Waals surface area contributed by atoms with Crippen LogP contribution in [0, 0.1) is 5.82 Å². The highest BCUT2D eigenvalue weighted by atomic mass is 35.5. The summed E-state index contributed by atoms with van der Waals surface area (Å²) in [6.45, 7) is 0. The normalized spacial score (nSPS) is 9.73. The van der Waals surface area contributed by atoms with Gasteiger partial charge in [-0.05, 0) is 12.1 Å². The molecule has 0 heterocycles. The first kappa shape index (κ1) is 8.14. The zero-order chi connectivity index (χ0) is 8.43. The summed E-state index contributed by atoms with van der Waals surface area (Å²) in [6.07, 6.45) is 0. The Morgan fingerprint density at radius 2 is 2.18 bits per heavy atom. The van der Waals surface area contributed by atoms with Gasteiger partial charge in [0.1, 0.15) is 0 Å². The Hall–Kier alpha value is -0.960. The average molecular weight is 177 g/mol. The minimum absolute atomic E-state index is 0.0355. The first-order chi connectivity index (χ1) is 5.16. The van der Waals surface area contributed by atoms with Crippen LogP contribution in [-0.4, -0.2) is 12.2 Å². The lowest BCUT2D eigenvalue weighted by atomic mass is 10.3. The van der Waals surface area contributed by atoms with Crippen molar-refractivity contribution in [3.8, 4) is 11.5 Å². The number of methoxy groups -OCH3 is 1. The number of hydrogen-bond donors (Lipinski definition) is 1. The summed E-state index contributed by atoms with van der Waals surface area (Å²) in [5.41, 5.74) is 0. The fourth-order valence-electron chi connectivity index (χ4n) is 0.717. The second kappa shape index (κ2) is 2.96. The molecular weight excluding hydrogens is 171 g/mol. The highest BCUT2D eigenvalue weighted by Crippen LogP contribution is 2.35. The fourth-order valence-corrected chi connectivity index (χ4v) is 0.946. The van der Waals surface area contributed by atoms with Crippen molar-refractivity contribution in [2.45, 2.75) is 0 Å². The highest BCUT2D eigenvalue weighted by Gasteiger charge is 2.10. The van der Waals surface area contributed by atoms with Crippen molar-refractivity contribution >= 4 is 11.6 Å². The summed E-state index contributed by atoms with van der Waals surface area (Å²) in [5, 5.41) is 9.18. The SMILES string of the molecule is COc1c(Cl)ccc(F)c1O. The minimum Gasteiger partial charge on any atom is -0.502 e. The van der Waals surface area contributed by atoms with Gasteiger partial charge >= 0.3 is 0 Å². The van der Waals surface area contributed by atoms with Crippen LogP contribution in [0.4, 0.5) is 4.39 Å². The molecule has 0 fully saturated rings. The van der Waals surface area contributed by atoms with Gasteiger partial charge in [0.25, 0.3) is 0 Å². The van der Waals surface area contributed by atoms with E-state index in [0.717, 1.165) is 6.07 Å². The molecule has 0 amide bonds. The van der Waals surface area contributed by atoms with Crippen LogP contribution in [0.1, 0.15) is 0 Å². The van der Waals surface area contributed by atoms with E-state index in [2.05, 4.69) is 4.74 Å². The van der Waals surface area contributed by atoms with Crippen LogP contribution in [0.25, 0.3) is 0 Å². The Morgan fingerprint density at radius 1 is 1.55 bits per heavy atom. The molecule has 0 aliphatic rings. The minimum atomic E-state index is -0.744. The molecule has 1 aromatic carbocycles. The molecule has 0 aliphatic carbocycles. The van der Waals surface area contributed by atoms with Crippen molar-refractivity contribution in [1.29, 1.82) is 0 Å². The third-order valence-corrected chi connectivity index (χ3v) is 1.54. The quantitative estimate of drug-likeness (QED) is 0.711. The van der Waals surface area contributed by atoms with Crippen molar-refractivity contribution in [1.82, 2.24) is 0 Å². The Labute approximate surface area is 68.2 Å². The zero-order valence-electron chi connectivity index (χ0n) is 5.77. The molecule has 0 radical (unpaired) electrons. The summed E-state index contributed by atoms with van der Waals surface area (Å²) in [6, 6.07) is 2.38. The van der Waals surface area contributed by atoms with Crippen LogP contribution in [0.15, 0.2) is 12.1 Å². The number of benzene rings is 1. The van der Waals surface area contributed by atoms with Gasteiger partial charge in [0, 0.05) is 0 Å². The van der Waals surface area contributed by atoms with Gasteiger partial charge in [-0.15, -0.1) is 0 Å². The van der Waals surface area contributed by atoms with Gasteiger partial charge in [0.15, 0.2) is 17.3 Å². The van der Waals surface area contributed by atoms with Crippen molar-refractivity contribution in [2.24, 2.45) is 0 Å². The van der Waals surface area contributed by atoms with Crippen LogP contribution < -0.4 is 4.74 Å². The molecule has 2 nitrogen and oxygen atoms in total. The molecule has 0 bridgehead atoms. The molecule has 1 rings (SSSR count). The van der Waals surface area contributed by atoms with E-state index in [-0.39, 0.29) is 10.8 Å². The molecule has 0 spiro atoms. The van der Waals surface area contributed by atoms with E-state index in [1.54, 1.807) is 0 Å². The number of phenolic OH excluding ortho intramolecular Hbond substituents is 1. The van der Waals surface area contributed by atoms with Gasteiger partial charge in [-0.3, -0.25) is 0 Å². The first-order valence-electron chi connectivity index (χ1n) is 2.87. The van der Waals surface area contributed by atoms with Gasteiger partial charge in [-0.1, -0.05) is 11.6 Å². The van der Waals surface area contributed by atoms with Crippen molar-refractivity contribution < 1.29 is 14.2 Å². The molecule has 4 heteroatoms.